The molecule has 2 amide bonds. The fourth-order valence-electron chi connectivity index (χ4n) is 2.61. The number of anilines is 1. The van der Waals surface area contributed by atoms with Gasteiger partial charge in [-0.3, -0.25) is 0 Å². The van der Waals surface area contributed by atoms with Crippen LogP contribution >= 0.6 is 0 Å². The lowest BCUT2D eigenvalue weighted by Gasteiger charge is -2.28. The number of ether oxygens (including phenoxy) is 1. The van der Waals surface area contributed by atoms with Gasteiger partial charge < -0.3 is 15.4 Å². The first kappa shape index (κ1) is 15.8. The minimum atomic E-state index is -0.323. The predicted molar refractivity (Wildman–Crippen MR) is 80.8 cm³/mol. The number of benzene rings is 1. The maximum atomic E-state index is 12.7. The first-order valence-corrected chi connectivity index (χ1v) is 7.57. The number of nitrogens with one attached hydrogen (secondary N) is 2. The summed E-state index contributed by atoms with van der Waals surface area (Å²) in [4.78, 5) is 11.6. The standard InChI is InChI=1S/C16H23FN2O2/c1-12-4-2-3-5-15(12)21-11-10-18-16(20)19-14-8-6-13(17)7-9-14/h6-9,12,15H,2-5,10-11H2,1H3,(H2,18,19,20)/t12-,15+/m1/s1. The molecule has 4 nitrogen and oxygen atoms in total. The molecular weight excluding hydrogens is 271 g/mol. The molecule has 1 saturated carbocycles. The average Bonchev–Trinajstić information content (AvgIpc) is 2.48. The van der Waals surface area contributed by atoms with Gasteiger partial charge in [-0.15, -0.1) is 0 Å². The van der Waals surface area contributed by atoms with E-state index >= 15 is 0 Å². The van der Waals surface area contributed by atoms with Crippen molar-refractivity contribution >= 4 is 11.7 Å². The summed E-state index contributed by atoms with van der Waals surface area (Å²) in [6.07, 6.45) is 5.18. The topological polar surface area (TPSA) is 50.4 Å². The Kier molecular flexibility index (Phi) is 5.99. The van der Waals surface area contributed by atoms with Gasteiger partial charge in [0, 0.05) is 12.2 Å². The minimum Gasteiger partial charge on any atom is -0.376 e. The van der Waals surface area contributed by atoms with E-state index in [9.17, 15) is 9.18 Å². The Hall–Kier alpha value is -1.62. The van der Waals surface area contributed by atoms with E-state index in [1.165, 1.54) is 43.5 Å². The molecule has 0 aromatic heterocycles. The molecule has 0 radical (unpaired) electrons. The number of rotatable bonds is 5. The third-order valence-corrected chi connectivity index (χ3v) is 3.85. The van der Waals surface area contributed by atoms with Crippen molar-refractivity contribution in [3.63, 3.8) is 0 Å². The Morgan fingerprint density at radius 3 is 2.71 bits per heavy atom. The molecule has 0 unspecified atom stereocenters. The van der Waals surface area contributed by atoms with Crippen molar-refractivity contribution in [1.82, 2.24) is 5.32 Å². The van der Waals surface area contributed by atoms with E-state index < -0.39 is 0 Å². The van der Waals surface area contributed by atoms with Gasteiger partial charge >= 0.3 is 6.03 Å². The van der Waals surface area contributed by atoms with Gasteiger partial charge in [0.05, 0.1) is 12.7 Å². The number of halogens is 1. The second-order valence-electron chi connectivity index (χ2n) is 5.56. The molecule has 2 N–H and O–H groups in total. The third kappa shape index (κ3) is 5.34. The van der Waals surface area contributed by atoms with Crippen molar-refractivity contribution in [3.05, 3.63) is 30.1 Å². The first-order valence-electron chi connectivity index (χ1n) is 7.57. The fraction of sp³-hybridized carbons (Fsp3) is 0.562. The molecule has 1 fully saturated rings. The van der Waals surface area contributed by atoms with E-state index in [4.69, 9.17) is 4.74 Å². The second kappa shape index (κ2) is 7.98. The van der Waals surface area contributed by atoms with Crippen LogP contribution in [0, 0.1) is 11.7 Å². The van der Waals surface area contributed by atoms with Crippen molar-refractivity contribution in [2.45, 2.75) is 38.7 Å². The number of hydrogen-bond acceptors (Lipinski definition) is 2. The van der Waals surface area contributed by atoms with Gasteiger partial charge in [-0.05, 0) is 43.0 Å². The van der Waals surface area contributed by atoms with Crippen molar-refractivity contribution < 1.29 is 13.9 Å². The molecule has 1 aromatic rings. The third-order valence-electron chi connectivity index (χ3n) is 3.85. The predicted octanol–water partition coefficient (Wildman–Crippen LogP) is 3.54. The van der Waals surface area contributed by atoms with Gasteiger partial charge in [0.15, 0.2) is 0 Å². The molecular formula is C16H23FN2O2. The van der Waals surface area contributed by atoms with Crippen LogP contribution in [0.2, 0.25) is 0 Å². The van der Waals surface area contributed by atoms with E-state index in [2.05, 4.69) is 17.6 Å². The van der Waals surface area contributed by atoms with Crippen LogP contribution < -0.4 is 10.6 Å². The summed E-state index contributed by atoms with van der Waals surface area (Å²) in [5.74, 6) is 0.280. The monoisotopic (exact) mass is 294 g/mol. The molecule has 5 heteroatoms. The van der Waals surface area contributed by atoms with E-state index in [1.807, 2.05) is 0 Å². The lowest BCUT2D eigenvalue weighted by Crippen LogP contribution is -2.34. The quantitative estimate of drug-likeness (QED) is 0.816. The lowest BCUT2D eigenvalue weighted by atomic mass is 9.88. The van der Waals surface area contributed by atoms with Gasteiger partial charge in [0.25, 0.3) is 0 Å². The molecule has 2 rings (SSSR count). The Morgan fingerprint density at radius 2 is 2.00 bits per heavy atom. The van der Waals surface area contributed by atoms with E-state index in [0.29, 0.717) is 30.9 Å². The molecule has 1 aliphatic carbocycles. The normalized spacial score (nSPS) is 21.8. The van der Waals surface area contributed by atoms with Crippen LogP contribution in [-0.2, 0) is 4.74 Å². The summed E-state index contributed by atoms with van der Waals surface area (Å²) in [5.41, 5.74) is 0.565. The molecule has 1 aromatic carbocycles. The second-order valence-corrected chi connectivity index (χ2v) is 5.56. The number of urea groups is 1. The highest BCUT2D eigenvalue weighted by atomic mass is 19.1. The maximum absolute atomic E-state index is 12.7. The van der Waals surface area contributed by atoms with Crippen LogP contribution in [0.15, 0.2) is 24.3 Å². The van der Waals surface area contributed by atoms with Gasteiger partial charge in [0.1, 0.15) is 5.82 Å². The largest absolute Gasteiger partial charge is 0.376 e. The first-order chi connectivity index (χ1) is 10.1. The summed E-state index contributed by atoms with van der Waals surface area (Å²) in [6, 6.07) is 5.36. The zero-order chi connectivity index (χ0) is 15.1. The maximum Gasteiger partial charge on any atom is 0.319 e. The van der Waals surface area contributed by atoms with Crippen LogP contribution in [-0.4, -0.2) is 25.3 Å². The summed E-state index contributed by atoms with van der Waals surface area (Å²) in [5, 5.41) is 5.38. The van der Waals surface area contributed by atoms with E-state index in [-0.39, 0.29) is 11.8 Å². The van der Waals surface area contributed by atoms with Crippen LogP contribution in [0.5, 0.6) is 0 Å². The van der Waals surface area contributed by atoms with Crippen molar-refractivity contribution in [2.24, 2.45) is 5.92 Å². The van der Waals surface area contributed by atoms with Crippen LogP contribution in [0.4, 0.5) is 14.9 Å². The fourth-order valence-corrected chi connectivity index (χ4v) is 2.61. The zero-order valence-electron chi connectivity index (χ0n) is 12.4. The van der Waals surface area contributed by atoms with E-state index in [0.717, 1.165) is 6.42 Å². The van der Waals surface area contributed by atoms with Crippen molar-refractivity contribution in [2.75, 3.05) is 18.5 Å². The molecule has 0 bridgehead atoms. The molecule has 116 valence electrons. The smallest absolute Gasteiger partial charge is 0.319 e. The van der Waals surface area contributed by atoms with Gasteiger partial charge in [-0.2, -0.15) is 0 Å². The molecule has 0 heterocycles. The minimum absolute atomic E-state index is 0.304. The highest BCUT2D eigenvalue weighted by Gasteiger charge is 2.21. The molecule has 0 aliphatic heterocycles. The van der Waals surface area contributed by atoms with Crippen molar-refractivity contribution in [1.29, 1.82) is 0 Å². The van der Waals surface area contributed by atoms with Crippen LogP contribution in [0.25, 0.3) is 0 Å². The summed E-state index contributed by atoms with van der Waals surface area (Å²) in [7, 11) is 0. The zero-order valence-corrected chi connectivity index (χ0v) is 12.4. The Morgan fingerprint density at radius 1 is 1.29 bits per heavy atom. The number of hydrogen-bond donors (Lipinski definition) is 2. The van der Waals surface area contributed by atoms with Crippen molar-refractivity contribution in [3.8, 4) is 0 Å². The summed E-state index contributed by atoms with van der Waals surface area (Å²) >= 11 is 0. The van der Waals surface area contributed by atoms with E-state index in [1.54, 1.807) is 0 Å². The average molecular weight is 294 g/mol. The molecule has 2 atom stereocenters. The summed E-state index contributed by atoms with van der Waals surface area (Å²) in [6.45, 7) is 3.21. The van der Waals surface area contributed by atoms with Gasteiger partial charge in [-0.1, -0.05) is 19.8 Å². The SMILES string of the molecule is C[C@@H]1CCCC[C@@H]1OCCNC(=O)Nc1ccc(F)cc1. The van der Waals surface area contributed by atoms with Crippen LogP contribution in [0.1, 0.15) is 32.6 Å². The molecule has 1 aliphatic rings. The lowest BCUT2D eigenvalue weighted by molar-refractivity contribution is -0.00232. The van der Waals surface area contributed by atoms with Crippen LogP contribution in [0.3, 0.4) is 0 Å². The number of amides is 2. The molecule has 0 saturated heterocycles. The van der Waals surface area contributed by atoms with Gasteiger partial charge in [-0.25, -0.2) is 9.18 Å². The summed E-state index contributed by atoms with van der Waals surface area (Å²) < 4.78 is 18.6. The molecule has 21 heavy (non-hydrogen) atoms. The highest BCUT2D eigenvalue weighted by Crippen LogP contribution is 2.25. The molecule has 0 spiro atoms. The number of carbonyl (C=O) groups is 1. The number of carbonyl (C=O) groups excluding carboxylic acids is 1. The Bertz CT molecular complexity index is 450. The highest BCUT2D eigenvalue weighted by molar-refractivity contribution is 5.89. The Labute approximate surface area is 125 Å². The Balaban J connectivity index is 1.61. The van der Waals surface area contributed by atoms with Gasteiger partial charge in [0.2, 0.25) is 0 Å².